The Bertz CT molecular complexity index is 524. The monoisotopic (exact) mass is 275 g/mol. The minimum Gasteiger partial charge on any atom is -0.356 e. The van der Waals surface area contributed by atoms with Crippen LogP contribution in [-0.4, -0.2) is 22.4 Å². The lowest BCUT2D eigenvalue weighted by Crippen LogP contribution is -2.26. The van der Waals surface area contributed by atoms with Crippen molar-refractivity contribution < 1.29 is 4.79 Å². The lowest BCUT2D eigenvalue weighted by Gasteiger charge is -2.01. The summed E-state index contributed by atoms with van der Waals surface area (Å²) >= 11 is 1.54. The number of hydrogen-bond acceptors (Lipinski definition) is 4. The zero-order chi connectivity index (χ0) is 13.5. The Kier molecular flexibility index (Phi) is 5.03. The minimum atomic E-state index is 0.0384. The van der Waals surface area contributed by atoms with Gasteiger partial charge in [-0.25, -0.2) is 4.98 Å². The molecule has 2 heterocycles. The van der Waals surface area contributed by atoms with Crippen LogP contribution in [0, 0.1) is 0 Å². The van der Waals surface area contributed by atoms with Crippen LogP contribution in [-0.2, 0) is 11.2 Å². The second kappa shape index (κ2) is 6.99. The maximum absolute atomic E-state index is 11.7. The summed E-state index contributed by atoms with van der Waals surface area (Å²) in [6, 6.07) is 3.85. The third kappa shape index (κ3) is 4.13. The first kappa shape index (κ1) is 13.7. The summed E-state index contributed by atoms with van der Waals surface area (Å²) in [5.41, 5.74) is 1.81. The molecule has 4 nitrogen and oxygen atoms in total. The molecule has 1 N–H and O–H groups in total. The van der Waals surface area contributed by atoms with E-state index in [1.165, 1.54) is 0 Å². The first-order valence-corrected chi connectivity index (χ1v) is 7.29. The van der Waals surface area contributed by atoms with E-state index in [1.807, 2.05) is 17.5 Å². The Morgan fingerprint density at radius 1 is 1.47 bits per heavy atom. The maximum atomic E-state index is 11.7. The van der Waals surface area contributed by atoms with Crippen molar-refractivity contribution in [2.45, 2.75) is 26.2 Å². The van der Waals surface area contributed by atoms with E-state index in [4.69, 9.17) is 0 Å². The van der Waals surface area contributed by atoms with Crippen molar-refractivity contribution in [2.75, 3.05) is 6.54 Å². The predicted octanol–water partition coefficient (Wildman–Crippen LogP) is 2.66. The van der Waals surface area contributed by atoms with E-state index in [0.29, 0.717) is 6.42 Å². The van der Waals surface area contributed by atoms with Gasteiger partial charge in [-0.15, -0.1) is 11.3 Å². The Hall–Kier alpha value is -1.75. The van der Waals surface area contributed by atoms with Gasteiger partial charge in [-0.1, -0.05) is 13.3 Å². The summed E-state index contributed by atoms with van der Waals surface area (Å²) in [6.45, 7) is 2.85. The van der Waals surface area contributed by atoms with Gasteiger partial charge in [0.15, 0.2) is 0 Å². The highest BCUT2D eigenvalue weighted by Crippen LogP contribution is 2.22. The molecule has 2 aromatic heterocycles. The SMILES string of the molecule is CCCCNC(=O)Cc1csc(-c2cccnc2)n1. The Labute approximate surface area is 116 Å². The summed E-state index contributed by atoms with van der Waals surface area (Å²) in [5.74, 6) is 0.0384. The lowest BCUT2D eigenvalue weighted by molar-refractivity contribution is -0.120. The largest absolute Gasteiger partial charge is 0.356 e. The fourth-order valence-electron chi connectivity index (χ4n) is 1.64. The van der Waals surface area contributed by atoms with Crippen molar-refractivity contribution >= 4 is 17.2 Å². The van der Waals surface area contributed by atoms with Gasteiger partial charge in [-0.3, -0.25) is 9.78 Å². The summed E-state index contributed by atoms with van der Waals surface area (Å²) in [6.07, 6.45) is 5.97. The van der Waals surface area contributed by atoms with Crippen molar-refractivity contribution in [3.05, 3.63) is 35.6 Å². The van der Waals surface area contributed by atoms with E-state index in [9.17, 15) is 4.79 Å². The average molecular weight is 275 g/mol. The number of unbranched alkanes of at least 4 members (excludes halogenated alkanes) is 1. The van der Waals surface area contributed by atoms with Crippen molar-refractivity contribution in [2.24, 2.45) is 0 Å². The van der Waals surface area contributed by atoms with Crippen LogP contribution in [0.1, 0.15) is 25.5 Å². The van der Waals surface area contributed by atoms with Crippen LogP contribution in [0.15, 0.2) is 29.9 Å². The van der Waals surface area contributed by atoms with E-state index in [-0.39, 0.29) is 5.91 Å². The summed E-state index contributed by atoms with van der Waals surface area (Å²) in [7, 11) is 0. The van der Waals surface area contributed by atoms with Crippen molar-refractivity contribution in [3.63, 3.8) is 0 Å². The fourth-order valence-corrected chi connectivity index (χ4v) is 2.45. The number of pyridine rings is 1. The van der Waals surface area contributed by atoms with Gasteiger partial charge in [-0.2, -0.15) is 0 Å². The quantitative estimate of drug-likeness (QED) is 0.825. The number of carbonyl (C=O) groups excluding carboxylic acids is 1. The van der Waals surface area contributed by atoms with E-state index < -0.39 is 0 Å². The number of amides is 1. The molecule has 0 fully saturated rings. The molecule has 0 aliphatic rings. The Morgan fingerprint density at radius 3 is 3.11 bits per heavy atom. The number of nitrogens with one attached hydrogen (secondary N) is 1. The van der Waals surface area contributed by atoms with Crippen LogP contribution in [0.5, 0.6) is 0 Å². The van der Waals surface area contributed by atoms with E-state index in [1.54, 1.807) is 23.7 Å². The van der Waals surface area contributed by atoms with Crippen molar-refractivity contribution in [1.29, 1.82) is 0 Å². The zero-order valence-corrected chi connectivity index (χ0v) is 11.7. The zero-order valence-electron chi connectivity index (χ0n) is 10.9. The molecular weight excluding hydrogens is 258 g/mol. The van der Waals surface area contributed by atoms with Gasteiger partial charge >= 0.3 is 0 Å². The van der Waals surface area contributed by atoms with Gasteiger partial charge < -0.3 is 5.32 Å². The molecule has 0 saturated carbocycles. The molecule has 0 aliphatic heterocycles. The highest BCUT2D eigenvalue weighted by Gasteiger charge is 2.08. The van der Waals surface area contributed by atoms with Crippen molar-refractivity contribution in [3.8, 4) is 10.6 Å². The first-order valence-electron chi connectivity index (χ1n) is 6.41. The smallest absolute Gasteiger partial charge is 0.226 e. The molecule has 5 heteroatoms. The molecule has 0 bridgehead atoms. The number of carbonyl (C=O) groups is 1. The van der Waals surface area contributed by atoms with Crippen LogP contribution in [0.25, 0.3) is 10.6 Å². The second-order valence-electron chi connectivity index (χ2n) is 4.27. The highest BCUT2D eigenvalue weighted by molar-refractivity contribution is 7.13. The van der Waals surface area contributed by atoms with Gasteiger partial charge in [0, 0.05) is 29.9 Å². The van der Waals surface area contributed by atoms with Crippen molar-refractivity contribution in [1.82, 2.24) is 15.3 Å². The molecule has 19 heavy (non-hydrogen) atoms. The normalized spacial score (nSPS) is 10.4. The minimum absolute atomic E-state index is 0.0384. The van der Waals surface area contributed by atoms with Crippen LogP contribution >= 0.6 is 11.3 Å². The van der Waals surface area contributed by atoms with E-state index in [2.05, 4.69) is 22.2 Å². The first-order chi connectivity index (χ1) is 9.29. The third-order valence-electron chi connectivity index (χ3n) is 2.65. The molecule has 1 amide bonds. The Balaban J connectivity index is 1.93. The van der Waals surface area contributed by atoms with E-state index in [0.717, 1.165) is 35.7 Å². The molecular formula is C14H17N3OS. The summed E-state index contributed by atoms with van der Waals surface area (Å²) in [4.78, 5) is 20.2. The highest BCUT2D eigenvalue weighted by atomic mass is 32.1. The lowest BCUT2D eigenvalue weighted by atomic mass is 10.3. The number of aromatic nitrogens is 2. The molecule has 2 rings (SSSR count). The van der Waals surface area contributed by atoms with Crippen LogP contribution in [0.4, 0.5) is 0 Å². The molecule has 0 unspecified atom stereocenters. The van der Waals surface area contributed by atoms with Gasteiger partial charge in [-0.05, 0) is 18.6 Å². The summed E-state index contributed by atoms with van der Waals surface area (Å²) < 4.78 is 0. The second-order valence-corrected chi connectivity index (χ2v) is 5.12. The third-order valence-corrected chi connectivity index (χ3v) is 3.59. The number of thiazole rings is 1. The predicted molar refractivity (Wildman–Crippen MR) is 77.0 cm³/mol. The van der Waals surface area contributed by atoms with Gasteiger partial charge in [0.2, 0.25) is 5.91 Å². The maximum Gasteiger partial charge on any atom is 0.226 e. The summed E-state index contributed by atoms with van der Waals surface area (Å²) in [5, 5.41) is 5.73. The fraction of sp³-hybridized carbons (Fsp3) is 0.357. The molecule has 0 spiro atoms. The van der Waals surface area contributed by atoms with Crippen LogP contribution < -0.4 is 5.32 Å². The molecule has 0 atom stereocenters. The van der Waals surface area contributed by atoms with Gasteiger partial charge in [0.1, 0.15) is 5.01 Å². The number of hydrogen-bond donors (Lipinski definition) is 1. The molecule has 0 saturated heterocycles. The average Bonchev–Trinajstić information content (AvgIpc) is 2.88. The molecule has 0 radical (unpaired) electrons. The Morgan fingerprint density at radius 2 is 2.37 bits per heavy atom. The van der Waals surface area contributed by atoms with Gasteiger partial charge in [0.25, 0.3) is 0 Å². The topological polar surface area (TPSA) is 54.9 Å². The van der Waals surface area contributed by atoms with Crippen LogP contribution in [0.3, 0.4) is 0 Å². The van der Waals surface area contributed by atoms with E-state index >= 15 is 0 Å². The standard InChI is InChI=1S/C14H17N3OS/c1-2-3-7-16-13(18)8-12-10-19-14(17-12)11-5-4-6-15-9-11/h4-6,9-10H,2-3,7-8H2,1H3,(H,16,18). The van der Waals surface area contributed by atoms with Crippen LogP contribution in [0.2, 0.25) is 0 Å². The number of nitrogens with zero attached hydrogens (tertiary/aromatic N) is 2. The molecule has 0 aromatic carbocycles. The number of rotatable bonds is 6. The molecule has 100 valence electrons. The molecule has 0 aliphatic carbocycles. The van der Waals surface area contributed by atoms with Gasteiger partial charge in [0.05, 0.1) is 12.1 Å². The molecule has 2 aromatic rings.